The van der Waals surface area contributed by atoms with Crippen LogP contribution in [0.15, 0.2) is 253 Å². The van der Waals surface area contributed by atoms with E-state index in [4.69, 9.17) is 0 Å². The maximum atomic E-state index is 2.57. The van der Waals surface area contributed by atoms with Crippen molar-refractivity contribution in [3.63, 3.8) is 0 Å². The number of allylic oxidation sites excluding steroid dienone is 13. The summed E-state index contributed by atoms with van der Waals surface area (Å²) in [6.45, 7) is 15.9. The molecule has 0 aliphatic heterocycles. The fourth-order valence-electron chi connectivity index (χ4n) is 12.2. The van der Waals surface area contributed by atoms with Gasteiger partial charge in [-0.1, -0.05) is 285 Å². The molecule has 392 valence electrons. The molecule has 0 nitrogen and oxygen atoms in total. The molecule has 0 saturated carbocycles. The molecular formula is C78H80. The summed E-state index contributed by atoms with van der Waals surface area (Å²) in [6.07, 6.45) is 34.6. The highest BCUT2D eigenvalue weighted by atomic mass is 14.3. The SMILES string of the molecule is Cc1cccc(C(=Cc2ccc(CC(CCc3ccc(C4C=CC(C(C)C(CC5=CCC(C)C=C5)C5=CCC(C)(C=C(c6cccc(C)c6)c6cccc(C)c6)C=C5)=CC4)cc3)c3ccccc3)cc2)c2cccc(C)c2)c1. The maximum Gasteiger partial charge on any atom is 0.00799 e. The van der Waals surface area contributed by atoms with Gasteiger partial charge >= 0.3 is 0 Å². The van der Waals surface area contributed by atoms with Crippen molar-refractivity contribution in [1.29, 1.82) is 0 Å². The van der Waals surface area contributed by atoms with Crippen molar-refractivity contribution in [2.75, 3.05) is 0 Å². The topological polar surface area (TPSA) is 0 Å². The molecule has 10 rings (SSSR count). The van der Waals surface area contributed by atoms with Gasteiger partial charge in [-0.05, 0) is 175 Å². The Kier molecular flexibility index (Phi) is 17.2. The lowest BCUT2D eigenvalue weighted by Gasteiger charge is -2.33. The third-order valence-electron chi connectivity index (χ3n) is 17.0. The van der Waals surface area contributed by atoms with Crippen LogP contribution < -0.4 is 0 Å². The Morgan fingerprint density at radius 3 is 1.67 bits per heavy atom. The summed E-state index contributed by atoms with van der Waals surface area (Å²) < 4.78 is 0. The van der Waals surface area contributed by atoms with Gasteiger partial charge in [0.15, 0.2) is 0 Å². The van der Waals surface area contributed by atoms with Crippen molar-refractivity contribution in [3.05, 3.63) is 326 Å². The average Bonchev–Trinajstić information content (AvgIpc) is 3.50. The predicted molar refractivity (Wildman–Crippen MR) is 336 cm³/mol. The molecule has 6 atom stereocenters. The number of hydrogen-bond donors (Lipinski definition) is 0. The summed E-state index contributed by atoms with van der Waals surface area (Å²) in [5.41, 5.74) is 23.9. The molecule has 0 aromatic heterocycles. The zero-order valence-electron chi connectivity index (χ0n) is 47.4. The normalized spacial score (nSPS) is 19.0. The summed E-state index contributed by atoms with van der Waals surface area (Å²) in [5, 5.41) is 0. The molecule has 3 aliphatic carbocycles. The molecule has 0 amide bonds. The van der Waals surface area contributed by atoms with Gasteiger partial charge in [0.05, 0.1) is 0 Å². The smallest absolute Gasteiger partial charge is 0.00799 e. The average molecular weight is 1020 g/mol. The minimum Gasteiger partial charge on any atom is -0.0811 e. The van der Waals surface area contributed by atoms with Crippen molar-refractivity contribution < 1.29 is 0 Å². The Morgan fingerprint density at radius 2 is 1.14 bits per heavy atom. The van der Waals surface area contributed by atoms with Crippen molar-refractivity contribution >= 4 is 17.2 Å². The Balaban J connectivity index is 0.805. The Bertz CT molecular complexity index is 3350. The molecule has 0 heteroatoms. The molecular weight excluding hydrogens is 937 g/mol. The van der Waals surface area contributed by atoms with Gasteiger partial charge in [0.1, 0.15) is 0 Å². The van der Waals surface area contributed by atoms with Gasteiger partial charge in [-0.3, -0.25) is 0 Å². The first-order chi connectivity index (χ1) is 37.9. The zero-order chi connectivity index (χ0) is 54.0. The van der Waals surface area contributed by atoms with Gasteiger partial charge < -0.3 is 0 Å². The highest BCUT2D eigenvalue weighted by Gasteiger charge is 2.30. The Labute approximate surface area is 468 Å². The van der Waals surface area contributed by atoms with Crippen LogP contribution in [0.2, 0.25) is 0 Å². The zero-order valence-corrected chi connectivity index (χ0v) is 47.4. The molecule has 0 saturated heterocycles. The molecule has 6 unspecified atom stereocenters. The van der Waals surface area contributed by atoms with E-state index in [9.17, 15) is 0 Å². The lowest BCUT2D eigenvalue weighted by atomic mass is 9.71. The predicted octanol–water partition coefficient (Wildman–Crippen LogP) is 20.6. The van der Waals surface area contributed by atoms with Crippen LogP contribution in [0.5, 0.6) is 0 Å². The highest BCUT2D eigenvalue weighted by molar-refractivity contribution is 5.91. The first-order valence-electron chi connectivity index (χ1n) is 29.0. The third-order valence-corrected chi connectivity index (χ3v) is 17.0. The molecule has 0 fully saturated rings. The van der Waals surface area contributed by atoms with Crippen LogP contribution in [0.1, 0.15) is 137 Å². The highest BCUT2D eigenvalue weighted by Crippen LogP contribution is 2.43. The van der Waals surface area contributed by atoms with Gasteiger partial charge in [-0.2, -0.15) is 0 Å². The van der Waals surface area contributed by atoms with Crippen LogP contribution in [0.25, 0.3) is 17.2 Å². The monoisotopic (exact) mass is 1020 g/mol. The van der Waals surface area contributed by atoms with E-state index in [-0.39, 0.29) is 5.41 Å². The number of hydrogen-bond acceptors (Lipinski definition) is 0. The summed E-state index contributed by atoms with van der Waals surface area (Å²) in [4.78, 5) is 0. The molecule has 78 heavy (non-hydrogen) atoms. The van der Waals surface area contributed by atoms with Crippen LogP contribution in [-0.2, 0) is 12.8 Å². The molecule has 0 N–H and O–H groups in total. The molecule has 0 bridgehead atoms. The van der Waals surface area contributed by atoms with E-state index >= 15 is 0 Å². The Hall–Kier alpha value is -7.54. The van der Waals surface area contributed by atoms with Crippen molar-refractivity contribution in [3.8, 4) is 0 Å². The van der Waals surface area contributed by atoms with E-state index in [1.165, 1.54) is 100 Å². The van der Waals surface area contributed by atoms with E-state index in [0.717, 1.165) is 44.9 Å². The van der Waals surface area contributed by atoms with Crippen LogP contribution >= 0.6 is 0 Å². The molecule has 0 radical (unpaired) electrons. The molecule has 0 heterocycles. The van der Waals surface area contributed by atoms with E-state index < -0.39 is 0 Å². The first kappa shape index (κ1) is 53.8. The fourth-order valence-corrected chi connectivity index (χ4v) is 12.2. The van der Waals surface area contributed by atoms with Crippen molar-refractivity contribution in [2.45, 2.75) is 105 Å². The molecule has 3 aliphatic rings. The summed E-state index contributed by atoms with van der Waals surface area (Å²) in [5.74, 6) is 2.19. The standard InChI is InChI=1S/C78H80/c1-55-25-27-63(28-26-55)52-75(69-43-45-78(7,46-44-69)54-77(73-23-13-17-58(4)49-73)74-24-14-18-59(5)50-74)60(6)65-39-41-68(42-40-65)67-36-33-61(34-37-67)35-38-70(66-19-9-8-10-20-66)51-62-29-31-64(32-30-62)53-76(71-21-11-15-56(2)47-71)72-22-12-16-57(3)48-72/h8-25,27-34,36-37,39-41,43-45,47-50,53-55,60,68,70,75H,26,35,38,42,46,51-52H2,1-7H3. The maximum absolute atomic E-state index is 2.57. The van der Waals surface area contributed by atoms with Gasteiger partial charge in [-0.15, -0.1) is 0 Å². The minimum absolute atomic E-state index is 0.0995. The van der Waals surface area contributed by atoms with Crippen molar-refractivity contribution in [1.82, 2.24) is 0 Å². The second-order valence-electron chi connectivity index (χ2n) is 23.5. The molecule has 7 aromatic carbocycles. The second kappa shape index (κ2) is 24.8. The number of rotatable bonds is 18. The summed E-state index contributed by atoms with van der Waals surface area (Å²) >= 11 is 0. The van der Waals surface area contributed by atoms with Gasteiger partial charge in [0, 0.05) is 11.3 Å². The largest absolute Gasteiger partial charge is 0.0811 e. The summed E-state index contributed by atoms with van der Waals surface area (Å²) in [7, 11) is 0. The lowest BCUT2D eigenvalue weighted by molar-refractivity contribution is 0.459. The van der Waals surface area contributed by atoms with Crippen LogP contribution in [0.4, 0.5) is 0 Å². The van der Waals surface area contributed by atoms with E-state index in [0.29, 0.717) is 29.6 Å². The first-order valence-corrected chi connectivity index (χ1v) is 29.0. The molecule has 0 spiro atoms. The van der Waals surface area contributed by atoms with Gasteiger partial charge in [-0.25, -0.2) is 0 Å². The van der Waals surface area contributed by atoms with E-state index in [1.54, 1.807) is 0 Å². The van der Waals surface area contributed by atoms with E-state index in [2.05, 4.69) is 291 Å². The Morgan fingerprint density at radius 1 is 0.551 bits per heavy atom. The lowest BCUT2D eigenvalue weighted by Crippen LogP contribution is -2.21. The number of benzene rings is 7. The minimum atomic E-state index is -0.0995. The van der Waals surface area contributed by atoms with Crippen LogP contribution in [-0.4, -0.2) is 0 Å². The van der Waals surface area contributed by atoms with Crippen LogP contribution in [0, 0.1) is 50.9 Å². The third kappa shape index (κ3) is 13.8. The van der Waals surface area contributed by atoms with Gasteiger partial charge in [0.2, 0.25) is 0 Å². The summed E-state index contributed by atoms with van der Waals surface area (Å²) in [6, 6.07) is 65.8. The fraction of sp³-hybridized carbons (Fsp3) is 0.256. The van der Waals surface area contributed by atoms with E-state index in [1.807, 2.05) is 0 Å². The number of aryl methyl sites for hydroxylation is 5. The van der Waals surface area contributed by atoms with Crippen molar-refractivity contribution in [2.24, 2.45) is 23.2 Å². The quantitative estimate of drug-likeness (QED) is 0.0752. The van der Waals surface area contributed by atoms with Gasteiger partial charge in [0.25, 0.3) is 0 Å². The molecule has 7 aromatic rings. The second-order valence-corrected chi connectivity index (χ2v) is 23.5. The van der Waals surface area contributed by atoms with Crippen LogP contribution in [0.3, 0.4) is 0 Å².